The van der Waals surface area contributed by atoms with Crippen molar-refractivity contribution < 1.29 is 4.92 Å². The number of fused-ring (bicyclic) bond motifs is 1. The molecule has 0 saturated carbocycles. The van der Waals surface area contributed by atoms with Gasteiger partial charge in [0, 0.05) is 10.1 Å². The van der Waals surface area contributed by atoms with E-state index in [4.69, 9.17) is 0 Å². The summed E-state index contributed by atoms with van der Waals surface area (Å²) in [5.74, 6) is -0.125. The van der Waals surface area contributed by atoms with Crippen molar-refractivity contribution >= 4 is 33.5 Å². The second-order valence-electron chi connectivity index (χ2n) is 4.33. The Morgan fingerprint density at radius 3 is 3.00 bits per heavy atom. The van der Waals surface area contributed by atoms with Crippen LogP contribution >= 0.6 is 27.7 Å². The Hall–Kier alpha value is -1.34. The van der Waals surface area contributed by atoms with Crippen molar-refractivity contribution in [1.82, 2.24) is 9.78 Å². The topological polar surface area (TPSA) is 61.0 Å². The van der Waals surface area contributed by atoms with Gasteiger partial charge in [-0.15, -0.1) is 11.8 Å². The molecule has 1 atom stereocenters. The fourth-order valence-electron chi connectivity index (χ4n) is 2.17. The van der Waals surface area contributed by atoms with E-state index in [2.05, 4.69) is 33.2 Å². The third kappa shape index (κ3) is 2.52. The van der Waals surface area contributed by atoms with Crippen molar-refractivity contribution in [3.05, 3.63) is 50.6 Å². The number of nitrogens with zero attached hydrogens (tertiary/aromatic N) is 3. The maximum atomic E-state index is 10.7. The summed E-state index contributed by atoms with van der Waals surface area (Å²) in [6, 6.07) is 8.31. The van der Waals surface area contributed by atoms with Gasteiger partial charge in [-0.3, -0.25) is 0 Å². The van der Waals surface area contributed by atoms with Gasteiger partial charge >= 0.3 is 5.82 Å². The molecule has 1 aliphatic rings. The largest absolute Gasteiger partial charge is 0.404 e. The second-order valence-corrected chi connectivity index (χ2v) is 6.53. The van der Waals surface area contributed by atoms with Crippen LogP contribution in [0.15, 0.2) is 39.8 Å². The number of aromatic nitrogens is 2. The molecule has 0 amide bonds. The first-order valence-corrected chi connectivity index (χ1v) is 7.42. The van der Waals surface area contributed by atoms with Gasteiger partial charge in [-0.25, -0.2) is 0 Å². The van der Waals surface area contributed by atoms with Gasteiger partial charge in [-0.05, 0) is 38.9 Å². The number of halogens is 1. The van der Waals surface area contributed by atoms with Crippen LogP contribution in [0, 0.1) is 10.1 Å². The summed E-state index contributed by atoms with van der Waals surface area (Å²) < 4.78 is 2.07. The van der Waals surface area contributed by atoms with E-state index in [1.165, 1.54) is 10.5 Å². The molecule has 0 spiro atoms. The summed E-state index contributed by atoms with van der Waals surface area (Å²) in [5, 5.41) is 15.1. The van der Waals surface area contributed by atoms with Crippen LogP contribution in [0.4, 0.5) is 5.82 Å². The zero-order valence-corrected chi connectivity index (χ0v) is 12.2. The van der Waals surface area contributed by atoms with Crippen LogP contribution in [-0.4, -0.2) is 20.0 Å². The quantitative estimate of drug-likeness (QED) is 0.636. The molecule has 1 aromatic carbocycles. The summed E-state index contributed by atoms with van der Waals surface area (Å²) in [4.78, 5) is 11.6. The molecule has 1 unspecified atom stereocenters. The molecule has 0 saturated heterocycles. The summed E-state index contributed by atoms with van der Waals surface area (Å²) in [6.45, 7) is 0.672. The van der Waals surface area contributed by atoms with Crippen LogP contribution in [0.5, 0.6) is 0 Å². The van der Waals surface area contributed by atoms with Gasteiger partial charge in [0.25, 0.3) is 0 Å². The molecule has 0 radical (unpaired) electrons. The standard InChI is InChI=1S/C12H10BrN3O2S/c13-10-7-15(14-12(10)16(17)18)6-9-5-8-3-1-2-4-11(8)19-9/h1-4,7,9H,5-6H2. The third-order valence-corrected chi connectivity index (χ3v) is 4.84. The van der Waals surface area contributed by atoms with Crippen LogP contribution in [-0.2, 0) is 13.0 Å². The smallest absolute Gasteiger partial charge is 0.358 e. The summed E-state index contributed by atoms with van der Waals surface area (Å²) in [6.07, 6.45) is 2.65. The Morgan fingerprint density at radius 2 is 2.32 bits per heavy atom. The molecule has 1 aliphatic heterocycles. The molecule has 0 aliphatic carbocycles. The maximum Gasteiger partial charge on any atom is 0.404 e. The number of rotatable bonds is 3. The molecular formula is C12H10BrN3O2S. The minimum absolute atomic E-state index is 0.125. The SMILES string of the molecule is O=[N+]([O-])c1nn(CC2Cc3ccccc3S2)cc1Br. The van der Waals surface area contributed by atoms with Crippen LogP contribution in [0.25, 0.3) is 0 Å². The van der Waals surface area contributed by atoms with E-state index >= 15 is 0 Å². The van der Waals surface area contributed by atoms with Crippen LogP contribution in [0.1, 0.15) is 5.56 Å². The summed E-state index contributed by atoms with van der Waals surface area (Å²) in [5.41, 5.74) is 1.35. The molecule has 1 aromatic heterocycles. The van der Waals surface area contributed by atoms with Gasteiger partial charge in [0.15, 0.2) is 0 Å². The Kier molecular flexibility index (Phi) is 3.32. The molecule has 3 rings (SSSR count). The lowest BCUT2D eigenvalue weighted by Gasteiger charge is -2.04. The summed E-state index contributed by atoms with van der Waals surface area (Å²) in [7, 11) is 0. The second kappa shape index (κ2) is 4.97. The summed E-state index contributed by atoms with van der Waals surface area (Å²) >= 11 is 4.97. The van der Waals surface area contributed by atoms with Crippen LogP contribution in [0.2, 0.25) is 0 Å². The zero-order valence-electron chi connectivity index (χ0n) is 9.82. The van der Waals surface area contributed by atoms with Crippen molar-refractivity contribution in [2.75, 3.05) is 0 Å². The highest BCUT2D eigenvalue weighted by molar-refractivity contribution is 9.10. The lowest BCUT2D eigenvalue weighted by molar-refractivity contribution is -0.390. The first-order chi connectivity index (χ1) is 9.13. The highest BCUT2D eigenvalue weighted by Gasteiger charge is 2.25. The fraction of sp³-hybridized carbons (Fsp3) is 0.250. The minimum Gasteiger partial charge on any atom is -0.358 e. The normalized spacial score (nSPS) is 17.4. The predicted molar refractivity (Wildman–Crippen MR) is 76.4 cm³/mol. The van der Waals surface area contributed by atoms with E-state index in [9.17, 15) is 10.1 Å². The van der Waals surface area contributed by atoms with Crippen LogP contribution < -0.4 is 0 Å². The highest BCUT2D eigenvalue weighted by Crippen LogP contribution is 2.37. The van der Waals surface area contributed by atoms with E-state index in [1.807, 2.05) is 23.9 Å². The zero-order chi connectivity index (χ0) is 13.4. The number of benzene rings is 1. The van der Waals surface area contributed by atoms with E-state index in [0.29, 0.717) is 16.3 Å². The first-order valence-electron chi connectivity index (χ1n) is 5.75. The molecule has 0 bridgehead atoms. The molecule has 7 heteroatoms. The fourth-order valence-corrected chi connectivity index (χ4v) is 3.94. The van der Waals surface area contributed by atoms with E-state index < -0.39 is 4.92 Å². The Morgan fingerprint density at radius 1 is 1.53 bits per heavy atom. The molecule has 0 fully saturated rings. The average molecular weight is 340 g/mol. The maximum absolute atomic E-state index is 10.7. The number of hydrogen-bond donors (Lipinski definition) is 0. The van der Waals surface area contributed by atoms with Crippen molar-refractivity contribution in [3.8, 4) is 0 Å². The van der Waals surface area contributed by atoms with Crippen molar-refractivity contribution in [2.45, 2.75) is 23.1 Å². The van der Waals surface area contributed by atoms with E-state index in [-0.39, 0.29) is 5.82 Å². The first kappa shape index (κ1) is 12.7. The Bertz CT molecular complexity index is 619. The monoisotopic (exact) mass is 339 g/mol. The van der Waals surface area contributed by atoms with Gasteiger partial charge in [0.1, 0.15) is 4.47 Å². The lowest BCUT2D eigenvalue weighted by atomic mass is 10.1. The average Bonchev–Trinajstić information content (AvgIpc) is 2.92. The number of hydrogen-bond acceptors (Lipinski definition) is 4. The molecule has 5 nitrogen and oxygen atoms in total. The predicted octanol–water partition coefficient (Wildman–Crippen LogP) is 3.27. The van der Waals surface area contributed by atoms with Crippen molar-refractivity contribution in [1.29, 1.82) is 0 Å². The van der Waals surface area contributed by atoms with E-state index in [0.717, 1.165) is 6.42 Å². The molecule has 2 aromatic rings. The third-order valence-electron chi connectivity index (χ3n) is 2.98. The lowest BCUT2D eigenvalue weighted by Crippen LogP contribution is -2.12. The minimum atomic E-state index is -0.475. The van der Waals surface area contributed by atoms with Crippen LogP contribution in [0.3, 0.4) is 0 Å². The molecular weight excluding hydrogens is 330 g/mol. The highest BCUT2D eigenvalue weighted by atomic mass is 79.9. The molecule has 0 N–H and O–H groups in total. The Labute approximate surface area is 122 Å². The van der Waals surface area contributed by atoms with Gasteiger partial charge in [-0.2, -0.15) is 4.68 Å². The van der Waals surface area contributed by atoms with Gasteiger partial charge in [0.05, 0.1) is 17.8 Å². The van der Waals surface area contributed by atoms with Crippen molar-refractivity contribution in [3.63, 3.8) is 0 Å². The number of thioether (sulfide) groups is 1. The molecule has 19 heavy (non-hydrogen) atoms. The number of nitro groups is 1. The Balaban J connectivity index is 1.74. The van der Waals surface area contributed by atoms with Crippen molar-refractivity contribution in [2.24, 2.45) is 0 Å². The van der Waals surface area contributed by atoms with Gasteiger partial charge in [-0.1, -0.05) is 18.2 Å². The van der Waals surface area contributed by atoms with Gasteiger partial charge < -0.3 is 10.1 Å². The van der Waals surface area contributed by atoms with Gasteiger partial charge in [0.2, 0.25) is 0 Å². The van der Waals surface area contributed by atoms with E-state index in [1.54, 1.807) is 10.9 Å². The molecule has 2 heterocycles. The molecule has 98 valence electrons.